The van der Waals surface area contributed by atoms with Crippen molar-refractivity contribution in [3.05, 3.63) is 75.1 Å². The van der Waals surface area contributed by atoms with Crippen LogP contribution in [0.2, 0.25) is 0 Å². The highest BCUT2D eigenvalue weighted by atomic mass is 19.1. The average Bonchev–Trinajstić information content (AvgIpc) is 3.50. The molecule has 1 N–H and O–H groups in total. The van der Waals surface area contributed by atoms with Gasteiger partial charge in [0.2, 0.25) is 5.91 Å². The quantitative estimate of drug-likeness (QED) is 0.586. The van der Waals surface area contributed by atoms with Crippen molar-refractivity contribution in [1.82, 2.24) is 10.2 Å². The Morgan fingerprint density at radius 1 is 1.21 bits per heavy atom. The second-order valence-electron chi connectivity index (χ2n) is 6.82. The minimum Gasteiger partial charge on any atom is -0.343 e. The van der Waals surface area contributed by atoms with Gasteiger partial charge in [0.05, 0.1) is 11.5 Å². The largest absolute Gasteiger partial charge is 0.343 e. The summed E-state index contributed by atoms with van der Waals surface area (Å²) in [5.74, 6) is -1.14. The fourth-order valence-electron chi connectivity index (χ4n) is 2.90. The van der Waals surface area contributed by atoms with Crippen LogP contribution in [0.25, 0.3) is 0 Å². The fraction of sp³-hybridized carbons (Fsp3) is 0.300. The maximum atomic E-state index is 13.1. The number of carbonyl (C=O) groups is 2. The first-order chi connectivity index (χ1) is 13.3. The molecule has 0 saturated heterocycles. The first-order valence-electron chi connectivity index (χ1n) is 8.92. The van der Waals surface area contributed by atoms with E-state index in [-0.39, 0.29) is 35.6 Å². The summed E-state index contributed by atoms with van der Waals surface area (Å²) < 4.78 is 13.1. The van der Waals surface area contributed by atoms with Crippen LogP contribution < -0.4 is 5.32 Å². The Kier molecular flexibility index (Phi) is 5.67. The molecular formula is C20H20FN3O4. The predicted molar refractivity (Wildman–Crippen MR) is 100 cm³/mol. The number of amides is 2. The van der Waals surface area contributed by atoms with Gasteiger partial charge in [-0.1, -0.05) is 18.2 Å². The monoisotopic (exact) mass is 385 g/mol. The predicted octanol–water partition coefficient (Wildman–Crippen LogP) is 2.96. The lowest BCUT2D eigenvalue weighted by Gasteiger charge is -2.23. The van der Waals surface area contributed by atoms with Gasteiger partial charge in [-0.3, -0.25) is 19.7 Å². The van der Waals surface area contributed by atoms with Gasteiger partial charge in [0.25, 0.3) is 11.6 Å². The van der Waals surface area contributed by atoms with E-state index in [0.717, 1.165) is 18.4 Å². The highest BCUT2D eigenvalue weighted by Gasteiger charge is 2.32. The molecule has 0 radical (unpaired) electrons. The smallest absolute Gasteiger partial charge is 0.273 e. The van der Waals surface area contributed by atoms with Crippen LogP contribution in [0.4, 0.5) is 10.1 Å². The number of nitrogens with one attached hydrogen (secondary N) is 1. The molecule has 146 valence electrons. The van der Waals surface area contributed by atoms with Crippen LogP contribution in [-0.2, 0) is 11.3 Å². The molecule has 7 nitrogen and oxygen atoms in total. The summed E-state index contributed by atoms with van der Waals surface area (Å²) >= 11 is 0. The molecule has 2 amide bonds. The topological polar surface area (TPSA) is 92.6 Å². The van der Waals surface area contributed by atoms with Gasteiger partial charge in [-0.05, 0) is 43.5 Å². The van der Waals surface area contributed by atoms with E-state index in [0.29, 0.717) is 12.1 Å². The van der Waals surface area contributed by atoms with Crippen molar-refractivity contribution < 1.29 is 18.9 Å². The molecule has 0 spiro atoms. The van der Waals surface area contributed by atoms with E-state index >= 15 is 0 Å². The van der Waals surface area contributed by atoms with E-state index in [1.807, 2.05) is 0 Å². The van der Waals surface area contributed by atoms with Gasteiger partial charge in [-0.2, -0.15) is 0 Å². The number of benzene rings is 2. The third-order valence-corrected chi connectivity index (χ3v) is 4.64. The molecule has 0 bridgehead atoms. The third-order valence-electron chi connectivity index (χ3n) is 4.64. The van der Waals surface area contributed by atoms with Crippen molar-refractivity contribution in [2.24, 2.45) is 0 Å². The second kappa shape index (κ2) is 8.16. The molecule has 1 saturated carbocycles. The van der Waals surface area contributed by atoms with Gasteiger partial charge in [0, 0.05) is 29.8 Å². The summed E-state index contributed by atoms with van der Waals surface area (Å²) in [4.78, 5) is 37.0. The van der Waals surface area contributed by atoms with Crippen LogP contribution in [-0.4, -0.2) is 34.2 Å². The zero-order valence-corrected chi connectivity index (χ0v) is 15.4. The second-order valence-corrected chi connectivity index (χ2v) is 6.82. The Bertz CT molecular complexity index is 910. The Hall–Kier alpha value is -3.29. The normalized spacial score (nSPS) is 13.1. The lowest BCUT2D eigenvalue weighted by Crippen LogP contribution is -2.41. The van der Waals surface area contributed by atoms with Crippen molar-refractivity contribution in [2.45, 2.75) is 32.4 Å². The number of carbonyl (C=O) groups excluding carboxylic acids is 2. The van der Waals surface area contributed by atoms with Crippen LogP contribution in [0, 0.1) is 22.9 Å². The summed E-state index contributed by atoms with van der Waals surface area (Å²) in [5, 5.41) is 13.5. The Morgan fingerprint density at radius 2 is 1.89 bits per heavy atom. The average molecular weight is 385 g/mol. The van der Waals surface area contributed by atoms with Crippen molar-refractivity contribution >= 4 is 17.5 Å². The van der Waals surface area contributed by atoms with Crippen LogP contribution in [0.5, 0.6) is 0 Å². The molecule has 1 fully saturated rings. The molecule has 0 atom stereocenters. The van der Waals surface area contributed by atoms with Crippen molar-refractivity contribution in [2.75, 3.05) is 6.54 Å². The van der Waals surface area contributed by atoms with Crippen molar-refractivity contribution in [1.29, 1.82) is 0 Å². The van der Waals surface area contributed by atoms with Gasteiger partial charge in [0.1, 0.15) is 5.82 Å². The lowest BCUT2D eigenvalue weighted by molar-refractivity contribution is -0.385. The summed E-state index contributed by atoms with van der Waals surface area (Å²) in [6.45, 7) is 1.72. The zero-order valence-electron chi connectivity index (χ0n) is 15.4. The first-order valence-corrected chi connectivity index (χ1v) is 8.92. The fourth-order valence-corrected chi connectivity index (χ4v) is 2.90. The van der Waals surface area contributed by atoms with Crippen LogP contribution in [0.1, 0.15) is 34.3 Å². The maximum Gasteiger partial charge on any atom is 0.273 e. The molecule has 2 aromatic carbocycles. The number of hydrogen-bond donors (Lipinski definition) is 1. The van der Waals surface area contributed by atoms with Crippen molar-refractivity contribution in [3.8, 4) is 0 Å². The number of nitro groups is 1. The molecular weight excluding hydrogens is 365 g/mol. The molecule has 8 heteroatoms. The first kappa shape index (κ1) is 19.5. The van der Waals surface area contributed by atoms with E-state index in [1.54, 1.807) is 24.0 Å². The lowest BCUT2D eigenvalue weighted by atomic mass is 10.1. The van der Waals surface area contributed by atoms with Crippen LogP contribution in [0.3, 0.4) is 0 Å². The van der Waals surface area contributed by atoms with Crippen LogP contribution >= 0.6 is 0 Å². The zero-order chi connectivity index (χ0) is 20.3. The van der Waals surface area contributed by atoms with E-state index in [2.05, 4.69) is 5.32 Å². The third kappa shape index (κ3) is 4.70. The minimum atomic E-state index is -0.547. The van der Waals surface area contributed by atoms with Gasteiger partial charge >= 0.3 is 0 Å². The van der Waals surface area contributed by atoms with E-state index in [1.165, 1.54) is 30.3 Å². The molecule has 0 heterocycles. The maximum absolute atomic E-state index is 13.1. The molecule has 0 aromatic heterocycles. The summed E-state index contributed by atoms with van der Waals surface area (Å²) in [7, 11) is 0. The Morgan fingerprint density at radius 3 is 2.50 bits per heavy atom. The van der Waals surface area contributed by atoms with Gasteiger partial charge < -0.3 is 10.2 Å². The van der Waals surface area contributed by atoms with E-state index in [9.17, 15) is 24.1 Å². The molecule has 0 unspecified atom stereocenters. The number of nitrogens with zero attached hydrogens (tertiary/aromatic N) is 2. The number of halogens is 1. The summed E-state index contributed by atoms with van der Waals surface area (Å²) in [6.07, 6.45) is 1.79. The molecule has 28 heavy (non-hydrogen) atoms. The highest BCUT2D eigenvalue weighted by Crippen LogP contribution is 2.28. The summed E-state index contributed by atoms with van der Waals surface area (Å²) in [6, 6.07) is 10.2. The number of rotatable bonds is 7. The molecule has 3 rings (SSSR count). The molecule has 1 aliphatic carbocycles. The SMILES string of the molecule is Cc1ccc(C(=O)NCC(=O)N(Cc2ccc(F)cc2)C2CC2)cc1[N+](=O)[O-]. The summed E-state index contributed by atoms with van der Waals surface area (Å²) in [5.41, 5.74) is 1.25. The number of nitro benzene ring substituents is 1. The van der Waals surface area contributed by atoms with E-state index < -0.39 is 10.8 Å². The van der Waals surface area contributed by atoms with Crippen molar-refractivity contribution in [3.63, 3.8) is 0 Å². The van der Waals surface area contributed by atoms with Gasteiger partial charge in [-0.25, -0.2) is 4.39 Å². The number of aryl methyl sites for hydroxylation is 1. The Labute approximate surface area is 161 Å². The van der Waals surface area contributed by atoms with Gasteiger partial charge in [0.15, 0.2) is 0 Å². The standard InChI is InChI=1S/C20H20FN3O4/c1-13-2-5-15(10-18(13)24(27)28)20(26)22-11-19(25)23(17-8-9-17)12-14-3-6-16(21)7-4-14/h2-7,10,17H,8-9,11-12H2,1H3,(H,22,26). The molecule has 1 aliphatic rings. The number of hydrogen-bond acceptors (Lipinski definition) is 4. The molecule has 0 aliphatic heterocycles. The van der Waals surface area contributed by atoms with E-state index in [4.69, 9.17) is 0 Å². The minimum absolute atomic E-state index is 0.120. The molecule has 2 aromatic rings. The van der Waals surface area contributed by atoms with Gasteiger partial charge in [-0.15, -0.1) is 0 Å². The Balaban J connectivity index is 1.63. The highest BCUT2D eigenvalue weighted by molar-refractivity contribution is 5.97. The van der Waals surface area contributed by atoms with Crippen LogP contribution in [0.15, 0.2) is 42.5 Å².